The van der Waals surface area contributed by atoms with Crippen molar-refractivity contribution in [3.63, 3.8) is 0 Å². The molecule has 0 saturated carbocycles. The van der Waals surface area contributed by atoms with E-state index in [1.807, 2.05) is 0 Å². The molecule has 0 rings (SSSR count). The molecule has 0 aromatic carbocycles. The van der Waals surface area contributed by atoms with Gasteiger partial charge >= 0.3 is 21.2 Å². The Bertz CT molecular complexity index is 418. The molecule has 110 valence electrons. The fraction of sp³-hybridized carbons (Fsp3) is 0.375. The normalized spacial score (nSPS) is 12.1. The van der Waals surface area contributed by atoms with Gasteiger partial charge in [0.2, 0.25) is 5.52 Å². The first kappa shape index (κ1) is 18.0. The summed E-state index contributed by atoms with van der Waals surface area (Å²) in [6, 6.07) is -1.04. The zero-order valence-corrected chi connectivity index (χ0v) is 11.7. The molecule has 0 saturated heterocycles. The predicted octanol–water partition coefficient (Wildman–Crippen LogP) is 0.00900. The van der Waals surface area contributed by atoms with Crippen LogP contribution >= 0.6 is 15.2 Å². The molecule has 0 atom stereocenters. The summed E-state index contributed by atoms with van der Waals surface area (Å²) in [5.74, 6) is 0. The van der Waals surface area contributed by atoms with Gasteiger partial charge in [-0.05, 0) is 0 Å². The Balaban J connectivity index is 5.47. The van der Waals surface area contributed by atoms with Gasteiger partial charge in [0.25, 0.3) is 0 Å². The third-order valence-electron chi connectivity index (χ3n) is 1.86. The van der Waals surface area contributed by atoms with Crippen LogP contribution in [0.25, 0.3) is 0 Å². The van der Waals surface area contributed by atoms with Crippen LogP contribution in [0.1, 0.15) is 0 Å². The van der Waals surface area contributed by atoms with Crippen LogP contribution in [-0.4, -0.2) is 49.1 Å². The molecule has 11 heteroatoms. The summed E-state index contributed by atoms with van der Waals surface area (Å²) < 4.78 is 22.4. The van der Waals surface area contributed by atoms with Crippen molar-refractivity contribution in [3.05, 3.63) is 25.3 Å². The van der Waals surface area contributed by atoms with Crippen molar-refractivity contribution in [2.45, 2.75) is 5.52 Å². The van der Waals surface area contributed by atoms with Crippen molar-refractivity contribution < 1.29 is 33.5 Å². The highest BCUT2D eigenvalue weighted by Crippen LogP contribution is 2.61. The lowest BCUT2D eigenvalue weighted by atomic mass is 10.5. The Morgan fingerprint density at radius 1 is 1.16 bits per heavy atom. The molecular weight excluding hydrogens is 298 g/mol. The largest absolute Gasteiger partial charge is 0.360 e. The lowest BCUT2D eigenvalue weighted by Gasteiger charge is -2.31. The van der Waals surface area contributed by atoms with E-state index in [1.54, 1.807) is 0 Å². The topological polar surface area (TPSA) is 147 Å². The third-order valence-corrected chi connectivity index (χ3v) is 5.43. The molecule has 0 aliphatic heterocycles. The van der Waals surface area contributed by atoms with Crippen LogP contribution in [0.5, 0.6) is 0 Å². The molecule has 0 aromatic heterocycles. The number of amides is 2. The Labute approximate surface area is 109 Å². The van der Waals surface area contributed by atoms with Gasteiger partial charge in [-0.15, -0.1) is 13.2 Å². The maximum absolute atomic E-state index is 11.7. The molecule has 9 nitrogen and oxygen atoms in total. The van der Waals surface area contributed by atoms with E-state index in [2.05, 4.69) is 18.5 Å². The van der Waals surface area contributed by atoms with Crippen molar-refractivity contribution in [1.29, 1.82) is 0 Å². The first-order valence-electron chi connectivity index (χ1n) is 4.92. The lowest BCUT2D eigenvalue weighted by Crippen LogP contribution is -2.46. The molecule has 0 aliphatic rings. The standard InChI is InChI=1S/C8H16N2O7P2/c1-3-5-9-7(11)10(6-4-2)8(18(12,13)14)19(15,16)17/h3-4,8H,1-2,5-6H2,(H,9,11)(H2,12,13,14)(H2,15,16,17). The minimum atomic E-state index is -5.24. The lowest BCUT2D eigenvalue weighted by molar-refractivity contribution is 0.194. The summed E-state index contributed by atoms with van der Waals surface area (Å²) in [5, 5.41) is 2.18. The number of rotatable bonds is 7. The van der Waals surface area contributed by atoms with Gasteiger partial charge in [0.15, 0.2) is 0 Å². The average molecular weight is 314 g/mol. The summed E-state index contributed by atoms with van der Waals surface area (Å²) in [7, 11) is -10.5. The minimum Gasteiger partial charge on any atom is -0.334 e. The van der Waals surface area contributed by atoms with Gasteiger partial charge in [-0.1, -0.05) is 12.2 Å². The highest BCUT2D eigenvalue weighted by molar-refractivity contribution is 7.70. The van der Waals surface area contributed by atoms with Gasteiger partial charge in [-0.3, -0.25) is 14.0 Å². The molecule has 0 fully saturated rings. The summed E-state index contributed by atoms with van der Waals surface area (Å²) in [6.45, 7) is 6.11. The summed E-state index contributed by atoms with van der Waals surface area (Å²) >= 11 is 0. The van der Waals surface area contributed by atoms with Gasteiger partial charge in [-0.2, -0.15) is 0 Å². The van der Waals surface area contributed by atoms with E-state index in [-0.39, 0.29) is 6.54 Å². The molecule has 0 bridgehead atoms. The zero-order chi connectivity index (χ0) is 15.3. The van der Waals surface area contributed by atoms with Gasteiger partial charge in [0.05, 0.1) is 0 Å². The minimum absolute atomic E-state index is 0.0263. The number of carbonyl (C=O) groups is 1. The van der Waals surface area contributed by atoms with Crippen LogP contribution in [0, 0.1) is 0 Å². The second kappa shape index (κ2) is 7.00. The smallest absolute Gasteiger partial charge is 0.334 e. The van der Waals surface area contributed by atoms with Crippen LogP contribution in [-0.2, 0) is 9.13 Å². The van der Waals surface area contributed by atoms with Crippen molar-refractivity contribution in [2.24, 2.45) is 0 Å². The van der Waals surface area contributed by atoms with Gasteiger partial charge in [0, 0.05) is 13.1 Å². The van der Waals surface area contributed by atoms with E-state index in [4.69, 9.17) is 19.6 Å². The van der Waals surface area contributed by atoms with Crippen molar-refractivity contribution in [3.8, 4) is 0 Å². The molecule has 0 aliphatic carbocycles. The summed E-state index contributed by atoms with van der Waals surface area (Å²) in [5.41, 5.74) is -2.55. The molecule has 0 spiro atoms. The van der Waals surface area contributed by atoms with Crippen molar-refractivity contribution >= 4 is 21.2 Å². The summed E-state index contributed by atoms with van der Waals surface area (Å²) in [4.78, 5) is 48.1. The van der Waals surface area contributed by atoms with Crippen molar-refractivity contribution in [1.82, 2.24) is 10.2 Å². The molecule has 2 amide bonds. The Kier molecular flexibility index (Phi) is 6.65. The number of nitrogens with one attached hydrogen (secondary N) is 1. The van der Waals surface area contributed by atoms with Crippen molar-refractivity contribution in [2.75, 3.05) is 13.1 Å². The summed E-state index contributed by atoms with van der Waals surface area (Å²) in [6.07, 6.45) is 2.39. The van der Waals surface area contributed by atoms with E-state index in [1.165, 1.54) is 6.08 Å². The maximum Gasteiger partial charge on any atom is 0.360 e. The van der Waals surface area contributed by atoms with E-state index >= 15 is 0 Å². The number of carbonyl (C=O) groups excluding carboxylic acids is 1. The fourth-order valence-electron chi connectivity index (χ4n) is 1.24. The van der Waals surface area contributed by atoms with Crippen LogP contribution in [0.3, 0.4) is 0 Å². The molecule has 0 aromatic rings. The van der Waals surface area contributed by atoms with Crippen LogP contribution in [0.15, 0.2) is 25.3 Å². The van der Waals surface area contributed by atoms with Crippen LogP contribution in [0.2, 0.25) is 0 Å². The molecule has 19 heavy (non-hydrogen) atoms. The second-order valence-electron chi connectivity index (χ2n) is 3.44. The molecule has 0 unspecified atom stereocenters. The fourth-order valence-corrected chi connectivity index (χ4v) is 3.93. The molecule has 5 N–H and O–H groups in total. The van der Waals surface area contributed by atoms with Gasteiger partial charge in [-0.25, -0.2) is 4.79 Å². The maximum atomic E-state index is 11.7. The van der Waals surface area contributed by atoms with Gasteiger partial charge in [0.1, 0.15) is 0 Å². The van der Waals surface area contributed by atoms with Crippen LogP contribution < -0.4 is 5.32 Å². The Morgan fingerprint density at radius 2 is 1.63 bits per heavy atom. The first-order valence-corrected chi connectivity index (χ1v) is 8.28. The number of nitrogens with zero attached hydrogens (tertiary/aromatic N) is 1. The Hall–Kier alpha value is -0.950. The number of urea groups is 1. The molecule has 0 heterocycles. The zero-order valence-electron chi connectivity index (χ0n) is 9.92. The number of hydrogen-bond donors (Lipinski definition) is 5. The first-order chi connectivity index (χ1) is 8.55. The molecule has 0 radical (unpaired) electrons. The second-order valence-corrected chi connectivity index (χ2v) is 7.18. The SMILES string of the molecule is C=CCNC(=O)N(CC=C)C(P(=O)(O)O)P(=O)(O)O. The predicted molar refractivity (Wildman–Crippen MR) is 68.4 cm³/mol. The number of hydrogen-bond acceptors (Lipinski definition) is 3. The van der Waals surface area contributed by atoms with Crippen LogP contribution in [0.4, 0.5) is 4.79 Å². The average Bonchev–Trinajstić information content (AvgIpc) is 2.21. The van der Waals surface area contributed by atoms with E-state index in [0.29, 0.717) is 4.90 Å². The van der Waals surface area contributed by atoms with E-state index < -0.39 is 33.3 Å². The Morgan fingerprint density at radius 3 is 1.95 bits per heavy atom. The van der Waals surface area contributed by atoms with E-state index in [0.717, 1.165) is 6.08 Å². The quantitative estimate of drug-likeness (QED) is 0.328. The monoisotopic (exact) mass is 314 g/mol. The van der Waals surface area contributed by atoms with E-state index in [9.17, 15) is 13.9 Å². The highest BCUT2D eigenvalue weighted by Gasteiger charge is 2.49. The van der Waals surface area contributed by atoms with Gasteiger partial charge < -0.3 is 24.9 Å². The highest BCUT2D eigenvalue weighted by atomic mass is 31.2. The third kappa shape index (κ3) is 5.69. The molecular formula is C8H16N2O7P2.